The molecule has 2 unspecified atom stereocenters. The fraction of sp³-hybridized carbons (Fsp3) is 0.706. The number of hydrogen-bond donors (Lipinski definition) is 4. The van der Waals surface area contributed by atoms with Crippen LogP contribution in [0.5, 0.6) is 0 Å². The van der Waals surface area contributed by atoms with Crippen LogP contribution in [0.1, 0.15) is 45.4 Å². The van der Waals surface area contributed by atoms with Crippen molar-refractivity contribution in [1.29, 1.82) is 0 Å². The highest BCUT2D eigenvalue weighted by atomic mass is 16.2. The molecular weight excluding hydrogens is 354 g/mol. The molecule has 0 spiro atoms. The van der Waals surface area contributed by atoms with Gasteiger partial charge in [0.1, 0.15) is 12.1 Å². The molecule has 2 fully saturated rings. The van der Waals surface area contributed by atoms with E-state index in [1.807, 2.05) is 6.92 Å². The van der Waals surface area contributed by atoms with E-state index < -0.39 is 41.8 Å². The normalized spacial score (nSPS) is 26.2. The van der Waals surface area contributed by atoms with Crippen molar-refractivity contribution in [2.45, 2.75) is 63.6 Å². The second kappa shape index (κ2) is 8.94. The molecular formula is C17H27N5O5. The van der Waals surface area contributed by atoms with Crippen LogP contribution in [0.2, 0.25) is 0 Å². The van der Waals surface area contributed by atoms with Gasteiger partial charge >= 0.3 is 0 Å². The molecule has 0 aromatic heterocycles. The predicted molar refractivity (Wildman–Crippen MR) is 94.6 cm³/mol. The Labute approximate surface area is 157 Å². The molecule has 2 saturated heterocycles. The Bertz CT molecular complexity index is 637. The molecule has 10 heteroatoms. The van der Waals surface area contributed by atoms with Crippen molar-refractivity contribution in [1.82, 2.24) is 15.5 Å². The molecule has 0 aliphatic carbocycles. The molecule has 150 valence electrons. The van der Waals surface area contributed by atoms with Gasteiger partial charge in [0.25, 0.3) is 0 Å². The van der Waals surface area contributed by atoms with Gasteiger partial charge in [-0.25, -0.2) is 0 Å². The van der Waals surface area contributed by atoms with Gasteiger partial charge in [-0.2, -0.15) is 0 Å². The van der Waals surface area contributed by atoms with Gasteiger partial charge in [-0.1, -0.05) is 13.3 Å². The van der Waals surface area contributed by atoms with E-state index in [0.29, 0.717) is 38.6 Å². The molecule has 27 heavy (non-hydrogen) atoms. The molecule has 6 N–H and O–H groups in total. The summed E-state index contributed by atoms with van der Waals surface area (Å²) in [6.45, 7) is 2.23. The maximum absolute atomic E-state index is 12.6. The zero-order valence-corrected chi connectivity index (χ0v) is 15.4. The van der Waals surface area contributed by atoms with E-state index in [1.165, 1.54) is 4.90 Å². The third-order valence-electron chi connectivity index (χ3n) is 5.16. The van der Waals surface area contributed by atoms with Gasteiger partial charge in [-0.3, -0.25) is 29.3 Å². The van der Waals surface area contributed by atoms with Crippen molar-refractivity contribution in [3.8, 4) is 0 Å². The van der Waals surface area contributed by atoms with Crippen LogP contribution in [0, 0.1) is 5.92 Å². The first kappa shape index (κ1) is 20.8. The summed E-state index contributed by atoms with van der Waals surface area (Å²) in [6, 6.07) is -2.71. The summed E-state index contributed by atoms with van der Waals surface area (Å²) in [4.78, 5) is 61.3. The van der Waals surface area contributed by atoms with Crippen LogP contribution in [0.3, 0.4) is 0 Å². The Morgan fingerprint density at radius 1 is 1.26 bits per heavy atom. The van der Waals surface area contributed by atoms with E-state index in [1.54, 1.807) is 0 Å². The molecule has 2 aliphatic rings. The lowest BCUT2D eigenvalue weighted by Gasteiger charge is -2.31. The molecule has 0 bridgehead atoms. The topological polar surface area (TPSA) is 165 Å². The molecule has 2 aliphatic heterocycles. The van der Waals surface area contributed by atoms with Crippen LogP contribution in [0.4, 0.5) is 0 Å². The van der Waals surface area contributed by atoms with E-state index >= 15 is 0 Å². The third kappa shape index (κ3) is 5.03. The summed E-state index contributed by atoms with van der Waals surface area (Å²) in [7, 11) is 0. The minimum atomic E-state index is -1.12. The predicted octanol–water partition coefficient (Wildman–Crippen LogP) is -1.87. The summed E-state index contributed by atoms with van der Waals surface area (Å²) < 4.78 is 0. The number of carbonyl (C=O) groups excluding carboxylic acids is 5. The Kier molecular flexibility index (Phi) is 6.89. The smallest absolute Gasteiger partial charge is 0.249 e. The molecule has 0 aromatic rings. The average Bonchev–Trinajstić information content (AvgIpc) is 3.10. The molecule has 2 rings (SSSR count). The van der Waals surface area contributed by atoms with Crippen LogP contribution in [0.15, 0.2) is 0 Å². The Balaban J connectivity index is 2.01. The minimum Gasteiger partial charge on any atom is -0.370 e. The van der Waals surface area contributed by atoms with E-state index in [9.17, 15) is 24.0 Å². The summed E-state index contributed by atoms with van der Waals surface area (Å²) in [6.07, 6.45) is 2.31. The van der Waals surface area contributed by atoms with E-state index in [2.05, 4.69) is 10.6 Å². The molecule has 10 nitrogen and oxygen atoms in total. The number of likely N-dealkylation sites (tertiary alicyclic amines) is 1. The van der Waals surface area contributed by atoms with Crippen molar-refractivity contribution in [2.75, 3.05) is 6.54 Å². The molecule has 0 saturated carbocycles. The van der Waals surface area contributed by atoms with Crippen molar-refractivity contribution in [3.05, 3.63) is 0 Å². The second-order valence-electron chi connectivity index (χ2n) is 7.07. The van der Waals surface area contributed by atoms with Crippen molar-refractivity contribution < 1.29 is 24.0 Å². The Morgan fingerprint density at radius 3 is 2.59 bits per heavy atom. The highest BCUT2D eigenvalue weighted by molar-refractivity contribution is 6.03. The number of hydrogen-bond acceptors (Lipinski definition) is 6. The van der Waals surface area contributed by atoms with Gasteiger partial charge in [0.2, 0.25) is 29.5 Å². The maximum Gasteiger partial charge on any atom is 0.249 e. The van der Waals surface area contributed by atoms with Crippen molar-refractivity contribution in [3.63, 3.8) is 0 Å². The molecule has 0 aromatic carbocycles. The summed E-state index contributed by atoms with van der Waals surface area (Å²) in [5, 5.41) is 4.95. The van der Waals surface area contributed by atoms with E-state index in [4.69, 9.17) is 11.5 Å². The van der Waals surface area contributed by atoms with Gasteiger partial charge in [-0.05, 0) is 25.2 Å². The van der Waals surface area contributed by atoms with Crippen LogP contribution in [0.25, 0.3) is 0 Å². The number of nitrogens with zero attached hydrogens (tertiary/aromatic N) is 1. The standard InChI is InChI=1S/C17H27N5O5/c1-2-9-5-6-13(24)20-14(9)16(26)21-15(25)11-4-3-7-22(11)17(27)10(18)8-12(19)23/h9-11,14H,2-8,18H2,1H3,(H2,19,23)(H,20,24)(H,21,25,26)/t9?,10-,11-,14?/m0/s1. The number of primary amides is 1. The van der Waals surface area contributed by atoms with Crippen molar-refractivity contribution >= 4 is 29.5 Å². The average molecular weight is 381 g/mol. The number of piperidine rings is 1. The fourth-order valence-electron chi connectivity index (χ4n) is 3.67. The first-order chi connectivity index (χ1) is 12.7. The Morgan fingerprint density at radius 2 is 1.96 bits per heavy atom. The maximum atomic E-state index is 12.6. The van der Waals surface area contributed by atoms with Gasteiger partial charge in [0.15, 0.2) is 0 Å². The number of amides is 5. The first-order valence-electron chi connectivity index (χ1n) is 9.23. The zero-order valence-electron chi connectivity index (χ0n) is 15.4. The highest BCUT2D eigenvalue weighted by Gasteiger charge is 2.39. The number of carbonyl (C=O) groups is 5. The van der Waals surface area contributed by atoms with Gasteiger partial charge in [0.05, 0.1) is 12.5 Å². The third-order valence-corrected chi connectivity index (χ3v) is 5.16. The number of rotatable bonds is 6. The van der Waals surface area contributed by atoms with Gasteiger partial charge in [-0.15, -0.1) is 0 Å². The summed E-state index contributed by atoms with van der Waals surface area (Å²) in [5.41, 5.74) is 10.8. The molecule has 5 amide bonds. The largest absolute Gasteiger partial charge is 0.370 e. The minimum absolute atomic E-state index is 0.0409. The van der Waals surface area contributed by atoms with Crippen LogP contribution < -0.4 is 22.1 Å². The monoisotopic (exact) mass is 381 g/mol. The molecule has 2 heterocycles. The quantitative estimate of drug-likeness (QED) is 0.393. The second-order valence-corrected chi connectivity index (χ2v) is 7.07. The lowest BCUT2D eigenvalue weighted by atomic mass is 9.88. The Hall–Kier alpha value is -2.49. The van der Waals surface area contributed by atoms with E-state index in [0.717, 1.165) is 0 Å². The van der Waals surface area contributed by atoms with Crippen LogP contribution >= 0.6 is 0 Å². The zero-order chi connectivity index (χ0) is 20.1. The van der Waals surface area contributed by atoms with Gasteiger partial charge in [0, 0.05) is 13.0 Å². The summed E-state index contributed by atoms with van der Waals surface area (Å²) >= 11 is 0. The molecule has 0 radical (unpaired) electrons. The number of nitrogens with two attached hydrogens (primary N) is 2. The lowest BCUT2D eigenvalue weighted by molar-refractivity contribution is -0.143. The number of nitrogens with one attached hydrogen (secondary N) is 2. The van der Waals surface area contributed by atoms with Crippen LogP contribution in [-0.2, 0) is 24.0 Å². The summed E-state index contributed by atoms with van der Waals surface area (Å²) in [5.74, 6) is -2.68. The molecule has 4 atom stereocenters. The highest BCUT2D eigenvalue weighted by Crippen LogP contribution is 2.22. The lowest BCUT2D eigenvalue weighted by Crippen LogP contribution is -2.58. The van der Waals surface area contributed by atoms with Crippen LogP contribution in [-0.4, -0.2) is 59.1 Å². The fourth-order valence-corrected chi connectivity index (χ4v) is 3.67. The SMILES string of the molecule is CCC1CCC(=O)NC1C(=O)NC(=O)[C@@H]1CCCN1C(=O)[C@@H](N)CC(N)=O. The van der Waals surface area contributed by atoms with E-state index in [-0.39, 0.29) is 18.2 Å². The first-order valence-corrected chi connectivity index (χ1v) is 9.23. The number of imide groups is 1. The van der Waals surface area contributed by atoms with Gasteiger partial charge < -0.3 is 21.7 Å². The van der Waals surface area contributed by atoms with Crippen molar-refractivity contribution in [2.24, 2.45) is 17.4 Å².